The average Bonchev–Trinajstić information content (AvgIpc) is 3.32. The highest BCUT2D eigenvalue weighted by Crippen LogP contribution is 2.38. The number of aryl methyl sites for hydroxylation is 2. The van der Waals surface area contributed by atoms with Gasteiger partial charge in [-0.2, -0.15) is 0 Å². The second-order valence-corrected chi connectivity index (χ2v) is 7.67. The predicted molar refractivity (Wildman–Crippen MR) is 118 cm³/mol. The van der Waals surface area contributed by atoms with Gasteiger partial charge in [0.15, 0.2) is 11.5 Å². The van der Waals surface area contributed by atoms with E-state index >= 15 is 0 Å². The lowest BCUT2D eigenvalue weighted by atomic mass is 9.99. The highest BCUT2D eigenvalue weighted by Gasteiger charge is 2.40. The molecule has 5 rings (SSSR count). The van der Waals surface area contributed by atoms with E-state index in [1.165, 1.54) is 18.2 Å². The molecular weight excluding hydrogens is 411 g/mol. The second-order valence-electron chi connectivity index (χ2n) is 7.67. The largest absolute Gasteiger partial charge is 0.454 e. The Kier molecular flexibility index (Phi) is 4.66. The lowest BCUT2D eigenvalue weighted by Gasteiger charge is -2.15. The zero-order valence-corrected chi connectivity index (χ0v) is 17.4. The quantitative estimate of drug-likeness (QED) is 0.615. The van der Waals surface area contributed by atoms with E-state index in [-0.39, 0.29) is 23.8 Å². The van der Waals surface area contributed by atoms with Crippen molar-refractivity contribution in [1.82, 2.24) is 0 Å². The van der Waals surface area contributed by atoms with Crippen molar-refractivity contribution >= 4 is 28.8 Å². The normalized spacial score (nSPS) is 15.0. The van der Waals surface area contributed by atoms with Crippen LogP contribution in [-0.4, -0.2) is 18.6 Å². The zero-order valence-electron chi connectivity index (χ0n) is 17.4. The number of anilines is 2. The summed E-state index contributed by atoms with van der Waals surface area (Å²) in [5, 5.41) is 3.09. The number of nitrogens with one attached hydrogen (secondary N) is 1. The van der Waals surface area contributed by atoms with Crippen molar-refractivity contribution in [3.8, 4) is 11.5 Å². The number of carbonyl (C=O) groups excluding carboxylic acids is 2. The smallest absolute Gasteiger partial charge is 0.282 e. The third-order valence-corrected chi connectivity index (χ3v) is 5.59. The highest BCUT2D eigenvalue weighted by atomic mass is 19.1. The molecule has 0 aromatic heterocycles. The Balaban J connectivity index is 1.62. The average molecular weight is 430 g/mol. The van der Waals surface area contributed by atoms with Crippen molar-refractivity contribution < 1.29 is 23.5 Å². The van der Waals surface area contributed by atoms with Gasteiger partial charge in [0.05, 0.1) is 11.3 Å². The molecule has 0 radical (unpaired) electrons. The summed E-state index contributed by atoms with van der Waals surface area (Å²) in [5.41, 5.74) is 3.73. The highest BCUT2D eigenvalue weighted by molar-refractivity contribution is 6.46. The number of carbonyl (C=O) groups is 2. The van der Waals surface area contributed by atoms with Crippen molar-refractivity contribution in [2.24, 2.45) is 0 Å². The van der Waals surface area contributed by atoms with E-state index in [1.54, 1.807) is 24.3 Å². The van der Waals surface area contributed by atoms with Crippen LogP contribution in [0.25, 0.3) is 5.57 Å². The van der Waals surface area contributed by atoms with Gasteiger partial charge in [0.2, 0.25) is 6.79 Å². The summed E-state index contributed by atoms with van der Waals surface area (Å²) in [6.07, 6.45) is 0. The van der Waals surface area contributed by atoms with Crippen molar-refractivity contribution in [1.29, 1.82) is 0 Å². The standard InChI is InChI=1S/C25H19FN2O4/c1-14-6-7-16(10-15(14)2)22-23(27-18-8-9-20-21(12-18)32-13-31-20)25(30)28(24(22)29)19-5-3-4-17(26)11-19/h3-12,27H,13H2,1-2H3. The fourth-order valence-electron chi connectivity index (χ4n) is 3.78. The molecule has 3 aromatic carbocycles. The van der Waals surface area contributed by atoms with E-state index in [0.717, 1.165) is 22.1 Å². The van der Waals surface area contributed by atoms with Crippen molar-refractivity contribution in [2.45, 2.75) is 13.8 Å². The molecule has 2 amide bonds. The lowest BCUT2D eigenvalue weighted by Crippen LogP contribution is -2.32. The summed E-state index contributed by atoms with van der Waals surface area (Å²) in [4.78, 5) is 27.8. The van der Waals surface area contributed by atoms with Crippen LogP contribution in [0.4, 0.5) is 15.8 Å². The number of rotatable bonds is 4. The topological polar surface area (TPSA) is 67.9 Å². The molecule has 0 aliphatic carbocycles. The lowest BCUT2D eigenvalue weighted by molar-refractivity contribution is -0.120. The minimum absolute atomic E-state index is 0.112. The maximum atomic E-state index is 13.9. The Hall–Kier alpha value is -4.13. The van der Waals surface area contributed by atoms with Gasteiger partial charge in [-0.25, -0.2) is 9.29 Å². The van der Waals surface area contributed by atoms with Gasteiger partial charge in [-0.3, -0.25) is 9.59 Å². The number of hydrogen-bond acceptors (Lipinski definition) is 5. The summed E-state index contributed by atoms with van der Waals surface area (Å²) in [6.45, 7) is 4.04. The molecule has 2 heterocycles. The van der Waals surface area contributed by atoms with Gasteiger partial charge in [0, 0.05) is 11.8 Å². The maximum Gasteiger partial charge on any atom is 0.282 e. The number of nitrogens with zero attached hydrogens (tertiary/aromatic N) is 1. The van der Waals surface area contributed by atoms with Crippen molar-refractivity contribution in [3.63, 3.8) is 0 Å². The van der Waals surface area contributed by atoms with E-state index in [4.69, 9.17) is 9.47 Å². The monoisotopic (exact) mass is 430 g/mol. The molecule has 0 unspecified atom stereocenters. The van der Waals surface area contributed by atoms with Gasteiger partial charge in [0.1, 0.15) is 11.5 Å². The zero-order chi connectivity index (χ0) is 22.4. The van der Waals surface area contributed by atoms with Crippen LogP contribution in [0.15, 0.2) is 66.4 Å². The summed E-state index contributed by atoms with van der Waals surface area (Å²) in [7, 11) is 0. The van der Waals surface area contributed by atoms with Gasteiger partial charge >= 0.3 is 0 Å². The Morgan fingerprint density at radius 1 is 0.875 bits per heavy atom. The van der Waals surface area contributed by atoms with E-state index < -0.39 is 17.6 Å². The molecule has 0 bridgehead atoms. The molecule has 1 N–H and O–H groups in total. The van der Waals surface area contributed by atoms with E-state index in [0.29, 0.717) is 22.7 Å². The number of ether oxygens (including phenoxy) is 2. The molecule has 3 aromatic rings. The van der Waals surface area contributed by atoms with Gasteiger partial charge in [0.25, 0.3) is 11.8 Å². The number of halogens is 1. The SMILES string of the molecule is Cc1ccc(C2=C(Nc3ccc4c(c3)OCO4)C(=O)N(c3cccc(F)c3)C2=O)cc1C. The Morgan fingerprint density at radius 2 is 1.69 bits per heavy atom. The summed E-state index contributed by atoms with van der Waals surface area (Å²) >= 11 is 0. The summed E-state index contributed by atoms with van der Waals surface area (Å²) in [5.74, 6) is -0.470. The fourth-order valence-corrected chi connectivity index (χ4v) is 3.78. The first kappa shape index (κ1) is 19.8. The molecule has 2 aliphatic rings. The van der Waals surface area contributed by atoms with Gasteiger partial charge in [-0.05, 0) is 60.9 Å². The van der Waals surface area contributed by atoms with Crippen molar-refractivity contribution in [2.75, 3.05) is 17.0 Å². The fraction of sp³-hybridized carbons (Fsp3) is 0.120. The van der Waals surface area contributed by atoms with Gasteiger partial charge < -0.3 is 14.8 Å². The Morgan fingerprint density at radius 3 is 2.47 bits per heavy atom. The van der Waals surface area contributed by atoms with Crippen LogP contribution >= 0.6 is 0 Å². The molecule has 0 atom stereocenters. The first-order chi connectivity index (χ1) is 15.4. The molecule has 0 saturated heterocycles. The second kappa shape index (κ2) is 7.53. The van der Waals surface area contributed by atoms with Crippen molar-refractivity contribution in [3.05, 3.63) is 88.9 Å². The number of fused-ring (bicyclic) bond motifs is 1. The van der Waals surface area contributed by atoms with E-state index in [2.05, 4.69) is 5.32 Å². The number of amides is 2. The molecule has 0 fully saturated rings. The molecule has 32 heavy (non-hydrogen) atoms. The molecule has 160 valence electrons. The van der Waals surface area contributed by atoms with Crippen LogP contribution in [0.2, 0.25) is 0 Å². The van der Waals surface area contributed by atoms with Gasteiger partial charge in [-0.15, -0.1) is 0 Å². The van der Waals surface area contributed by atoms with Crippen LogP contribution in [0.3, 0.4) is 0 Å². The maximum absolute atomic E-state index is 13.9. The van der Waals surface area contributed by atoms with Crippen LogP contribution in [-0.2, 0) is 9.59 Å². The summed E-state index contributed by atoms with van der Waals surface area (Å²) < 4.78 is 24.6. The minimum atomic E-state index is -0.563. The molecule has 0 spiro atoms. The molecule has 2 aliphatic heterocycles. The Bertz CT molecular complexity index is 1320. The molecule has 0 saturated carbocycles. The van der Waals surface area contributed by atoms with E-state index in [1.807, 2.05) is 26.0 Å². The van der Waals surface area contributed by atoms with E-state index in [9.17, 15) is 14.0 Å². The Labute approximate surface area is 183 Å². The van der Waals surface area contributed by atoms with Crippen LogP contribution in [0, 0.1) is 19.7 Å². The first-order valence-corrected chi connectivity index (χ1v) is 10.1. The van der Waals surface area contributed by atoms with Crippen LogP contribution in [0.1, 0.15) is 16.7 Å². The van der Waals surface area contributed by atoms with Gasteiger partial charge in [-0.1, -0.05) is 24.3 Å². The molecule has 6 nitrogen and oxygen atoms in total. The van der Waals surface area contributed by atoms with Crippen LogP contribution in [0.5, 0.6) is 11.5 Å². The summed E-state index contributed by atoms with van der Waals surface area (Å²) in [6, 6.07) is 16.2. The number of imide groups is 1. The number of hydrogen-bond donors (Lipinski definition) is 1. The first-order valence-electron chi connectivity index (χ1n) is 10.1. The third kappa shape index (κ3) is 3.28. The van der Waals surface area contributed by atoms with Crippen LogP contribution < -0.4 is 19.7 Å². The number of benzene rings is 3. The predicted octanol–water partition coefficient (Wildman–Crippen LogP) is 4.57. The molecular formula is C25H19FN2O4. The minimum Gasteiger partial charge on any atom is -0.454 e. The third-order valence-electron chi connectivity index (χ3n) is 5.59. The molecule has 7 heteroatoms.